The molecule has 0 aliphatic carbocycles. The minimum absolute atomic E-state index is 0.0764. The molecule has 16 heavy (non-hydrogen) atoms. The Morgan fingerprint density at radius 2 is 2.06 bits per heavy atom. The molecule has 0 aromatic carbocycles. The number of imidazole rings is 1. The molecule has 2 aromatic rings. The van der Waals surface area contributed by atoms with Crippen LogP contribution < -0.4 is 10.9 Å². The molecule has 0 radical (unpaired) electrons. The summed E-state index contributed by atoms with van der Waals surface area (Å²) in [7, 11) is 1.85. The first kappa shape index (κ1) is 10.8. The van der Waals surface area contributed by atoms with Crippen LogP contribution in [0.2, 0.25) is 0 Å². The SMILES string of the molecule is CCn1cnc2c(=O)n(CCNC)cnc21. The van der Waals surface area contributed by atoms with Crippen molar-refractivity contribution in [3.05, 3.63) is 23.0 Å². The number of nitrogens with zero attached hydrogens (tertiary/aromatic N) is 4. The summed E-state index contributed by atoms with van der Waals surface area (Å²) in [5.74, 6) is 0. The third-order valence-electron chi connectivity index (χ3n) is 2.54. The van der Waals surface area contributed by atoms with E-state index in [1.807, 2.05) is 18.5 Å². The molecule has 86 valence electrons. The van der Waals surface area contributed by atoms with Crippen molar-refractivity contribution in [2.75, 3.05) is 13.6 Å². The second-order valence-electron chi connectivity index (χ2n) is 3.55. The van der Waals surface area contributed by atoms with Crippen molar-refractivity contribution in [1.29, 1.82) is 0 Å². The number of likely N-dealkylation sites (N-methyl/N-ethyl adjacent to an activating group) is 1. The summed E-state index contributed by atoms with van der Waals surface area (Å²) in [6.45, 7) is 4.11. The van der Waals surface area contributed by atoms with Gasteiger partial charge in [-0.25, -0.2) is 9.97 Å². The Kier molecular flexibility index (Phi) is 3.00. The van der Waals surface area contributed by atoms with Crippen LogP contribution in [0.3, 0.4) is 0 Å². The number of hydrogen-bond donors (Lipinski definition) is 1. The van der Waals surface area contributed by atoms with Gasteiger partial charge in [-0.05, 0) is 14.0 Å². The molecule has 0 amide bonds. The molecular formula is C10H15N5O. The van der Waals surface area contributed by atoms with E-state index in [4.69, 9.17) is 0 Å². The van der Waals surface area contributed by atoms with Crippen LogP contribution in [0.1, 0.15) is 6.92 Å². The Bertz CT molecular complexity index is 542. The average Bonchev–Trinajstić information content (AvgIpc) is 2.72. The summed E-state index contributed by atoms with van der Waals surface area (Å²) < 4.78 is 3.44. The van der Waals surface area contributed by atoms with E-state index in [1.54, 1.807) is 17.2 Å². The van der Waals surface area contributed by atoms with Crippen molar-refractivity contribution in [3.63, 3.8) is 0 Å². The quantitative estimate of drug-likeness (QED) is 0.778. The highest BCUT2D eigenvalue weighted by molar-refractivity contribution is 5.68. The van der Waals surface area contributed by atoms with Gasteiger partial charge < -0.3 is 9.88 Å². The summed E-state index contributed by atoms with van der Waals surface area (Å²) in [5.41, 5.74) is 1.03. The van der Waals surface area contributed by atoms with Gasteiger partial charge in [0.15, 0.2) is 11.2 Å². The van der Waals surface area contributed by atoms with E-state index in [0.717, 1.165) is 13.1 Å². The average molecular weight is 221 g/mol. The molecule has 0 atom stereocenters. The smallest absolute Gasteiger partial charge is 0.281 e. The van der Waals surface area contributed by atoms with E-state index in [0.29, 0.717) is 17.7 Å². The van der Waals surface area contributed by atoms with Crippen LogP contribution in [0.5, 0.6) is 0 Å². The van der Waals surface area contributed by atoms with Gasteiger partial charge in [-0.3, -0.25) is 9.36 Å². The molecular weight excluding hydrogens is 206 g/mol. The second-order valence-corrected chi connectivity index (χ2v) is 3.55. The number of rotatable bonds is 4. The summed E-state index contributed by atoms with van der Waals surface area (Å²) in [4.78, 5) is 20.3. The summed E-state index contributed by atoms with van der Waals surface area (Å²) in [6.07, 6.45) is 3.23. The molecule has 0 spiro atoms. The third-order valence-corrected chi connectivity index (χ3v) is 2.54. The molecule has 0 saturated heterocycles. The molecule has 0 unspecified atom stereocenters. The first-order valence-corrected chi connectivity index (χ1v) is 5.32. The van der Waals surface area contributed by atoms with Crippen molar-refractivity contribution in [1.82, 2.24) is 24.4 Å². The predicted molar refractivity (Wildman–Crippen MR) is 61.4 cm³/mol. The van der Waals surface area contributed by atoms with Gasteiger partial charge in [0.1, 0.15) is 6.33 Å². The highest BCUT2D eigenvalue weighted by Gasteiger charge is 2.08. The molecule has 0 saturated carbocycles. The maximum atomic E-state index is 12.0. The maximum absolute atomic E-state index is 12.0. The Morgan fingerprint density at radius 3 is 2.75 bits per heavy atom. The number of hydrogen-bond acceptors (Lipinski definition) is 4. The molecule has 6 nitrogen and oxygen atoms in total. The molecule has 0 bridgehead atoms. The largest absolute Gasteiger partial charge is 0.318 e. The van der Waals surface area contributed by atoms with Crippen molar-refractivity contribution in [3.8, 4) is 0 Å². The Morgan fingerprint density at radius 1 is 1.31 bits per heavy atom. The Balaban J connectivity index is 2.49. The van der Waals surface area contributed by atoms with Gasteiger partial charge in [-0.2, -0.15) is 0 Å². The lowest BCUT2D eigenvalue weighted by atomic mass is 10.5. The van der Waals surface area contributed by atoms with Crippen LogP contribution in [0.15, 0.2) is 17.4 Å². The molecule has 2 aromatic heterocycles. The number of aromatic nitrogens is 4. The van der Waals surface area contributed by atoms with Gasteiger partial charge >= 0.3 is 0 Å². The molecule has 2 heterocycles. The zero-order valence-electron chi connectivity index (χ0n) is 9.47. The van der Waals surface area contributed by atoms with Crippen LogP contribution in [0.25, 0.3) is 11.2 Å². The van der Waals surface area contributed by atoms with Crippen molar-refractivity contribution in [2.45, 2.75) is 20.0 Å². The van der Waals surface area contributed by atoms with Gasteiger partial charge in [-0.1, -0.05) is 0 Å². The van der Waals surface area contributed by atoms with E-state index >= 15 is 0 Å². The highest BCUT2D eigenvalue weighted by Crippen LogP contribution is 2.03. The monoisotopic (exact) mass is 221 g/mol. The van der Waals surface area contributed by atoms with Crippen LogP contribution >= 0.6 is 0 Å². The summed E-state index contributed by atoms with van der Waals surface area (Å²) >= 11 is 0. The highest BCUT2D eigenvalue weighted by atomic mass is 16.1. The summed E-state index contributed by atoms with van der Waals surface area (Å²) in [6, 6.07) is 0. The van der Waals surface area contributed by atoms with Gasteiger partial charge in [0.25, 0.3) is 5.56 Å². The fourth-order valence-corrected chi connectivity index (χ4v) is 1.60. The maximum Gasteiger partial charge on any atom is 0.281 e. The van der Waals surface area contributed by atoms with Gasteiger partial charge in [0, 0.05) is 19.6 Å². The number of fused-ring (bicyclic) bond motifs is 1. The summed E-state index contributed by atoms with van der Waals surface area (Å²) in [5, 5.41) is 2.99. The molecule has 0 aliphatic rings. The number of aryl methyl sites for hydroxylation is 1. The third kappa shape index (κ3) is 1.71. The normalized spacial score (nSPS) is 11.1. The van der Waals surface area contributed by atoms with Gasteiger partial charge in [0.2, 0.25) is 0 Å². The molecule has 6 heteroatoms. The van der Waals surface area contributed by atoms with E-state index in [1.165, 1.54) is 0 Å². The van der Waals surface area contributed by atoms with Crippen LogP contribution in [-0.2, 0) is 13.1 Å². The zero-order chi connectivity index (χ0) is 11.5. The zero-order valence-corrected chi connectivity index (χ0v) is 9.47. The predicted octanol–water partition coefficient (Wildman–Crippen LogP) is -0.168. The lowest BCUT2D eigenvalue weighted by Gasteiger charge is -2.04. The molecule has 2 rings (SSSR count). The second kappa shape index (κ2) is 4.44. The Labute approximate surface area is 92.9 Å². The van der Waals surface area contributed by atoms with Crippen LogP contribution in [-0.4, -0.2) is 32.7 Å². The van der Waals surface area contributed by atoms with Gasteiger partial charge in [-0.15, -0.1) is 0 Å². The minimum Gasteiger partial charge on any atom is -0.318 e. The number of nitrogens with one attached hydrogen (secondary N) is 1. The lowest BCUT2D eigenvalue weighted by molar-refractivity contribution is 0.619. The Hall–Kier alpha value is -1.69. The van der Waals surface area contributed by atoms with E-state index in [-0.39, 0.29) is 5.56 Å². The van der Waals surface area contributed by atoms with Crippen molar-refractivity contribution < 1.29 is 0 Å². The van der Waals surface area contributed by atoms with E-state index < -0.39 is 0 Å². The molecule has 0 aliphatic heterocycles. The van der Waals surface area contributed by atoms with Gasteiger partial charge in [0.05, 0.1) is 6.33 Å². The lowest BCUT2D eigenvalue weighted by Crippen LogP contribution is -2.26. The van der Waals surface area contributed by atoms with Crippen molar-refractivity contribution in [2.24, 2.45) is 0 Å². The van der Waals surface area contributed by atoms with E-state index in [9.17, 15) is 4.79 Å². The van der Waals surface area contributed by atoms with Crippen molar-refractivity contribution >= 4 is 11.2 Å². The molecule has 1 N–H and O–H groups in total. The van der Waals surface area contributed by atoms with Crippen LogP contribution in [0.4, 0.5) is 0 Å². The van der Waals surface area contributed by atoms with Crippen LogP contribution in [0, 0.1) is 0 Å². The first-order valence-electron chi connectivity index (χ1n) is 5.32. The van der Waals surface area contributed by atoms with E-state index in [2.05, 4.69) is 15.3 Å². The standard InChI is InChI=1S/C10H15N5O/c1-3-14-6-12-8-9(14)13-7-15(10(8)16)5-4-11-2/h6-7,11H,3-5H2,1-2H3. The fourth-order valence-electron chi connectivity index (χ4n) is 1.60. The first-order chi connectivity index (χ1) is 7.77. The minimum atomic E-state index is -0.0764. The molecule has 0 fully saturated rings. The topological polar surface area (TPSA) is 64.7 Å². The fraction of sp³-hybridized carbons (Fsp3) is 0.500.